The molecule has 0 saturated heterocycles. The fourth-order valence-corrected chi connectivity index (χ4v) is 4.21. The van der Waals surface area contributed by atoms with E-state index in [4.69, 9.17) is 5.73 Å². The molecular weight excluding hydrogens is 344 g/mol. The fourth-order valence-electron chi connectivity index (χ4n) is 2.32. The Labute approximate surface area is 146 Å². The maximum atomic E-state index is 12.3. The maximum absolute atomic E-state index is 12.3. The molecule has 2 aromatic heterocycles. The van der Waals surface area contributed by atoms with Gasteiger partial charge in [0.25, 0.3) is 0 Å². The molecule has 3 rings (SSSR count). The van der Waals surface area contributed by atoms with Gasteiger partial charge in [-0.25, -0.2) is 4.98 Å². The van der Waals surface area contributed by atoms with Gasteiger partial charge in [-0.2, -0.15) is 0 Å². The first-order chi connectivity index (χ1) is 11.5. The van der Waals surface area contributed by atoms with Gasteiger partial charge in [-0.05, 0) is 18.6 Å². The van der Waals surface area contributed by atoms with Crippen LogP contribution in [0.15, 0.2) is 34.7 Å². The number of fused-ring (bicyclic) bond motifs is 1. The van der Waals surface area contributed by atoms with Crippen LogP contribution in [0, 0.1) is 6.92 Å². The van der Waals surface area contributed by atoms with Crippen molar-refractivity contribution in [3.05, 3.63) is 41.7 Å². The summed E-state index contributed by atoms with van der Waals surface area (Å²) in [5.74, 6) is -0.302. The van der Waals surface area contributed by atoms with Crippen LogP contribution in [0.5, 0.6) is 0 Å². The highest BCUT2D eigenvalue weighted by Crippen LogP contribution is 2.32. The van der Waals surface area contributed by atoms with Crippen molar-refractivity contribution in [2.75, 3.05) is 11.1 Å². The summed E-state index contributed by atoms with van der Waals surface area (Å²) in [5.41, 5.74) is 7.89. The molecule has 0 saturated carbocycles. The van der Waals surface area contributed by atoms with Crippen molar-refractivity contribution in [1.82, 2.24) is 9.97 Å². The molecule has 0 bridgehead atoms. The molecule has 0 spiro atoms. The molecule has 0 aliphatic carbocycles. The number of H-pyrrole nitrogens is 1. The second-order valence-corrected chi connectivity index (χ2v) is 7.47. The van der Waals surface area contributed by atoms with E-state index in [9.17, 15) is 9.59 Å². The summed E-state index contributed by atoms with van der Waals surface area (Å²) in [7, 11) is 0. The van der Waals surface area contributed by atoms with Gasteiger partial charge in [0.2, 0.25) is 11.8 Å². The van der Waals surface area contributed by atoms with Crippen LogP contribution >= 0.6 is 23.1 Å². The van der Waals surface area contributed by atoms with Gasteiger partial charge < -0.3 is 16.0 Å². The van der Waals surface area contributed by atoms with E-state index in [0.717, 1.165) is 26.4 Å². The van der Waals surface area contributed by atoms with Gasteiger partial charge in [0.05, 0.1) is 22.1 Å². The fraction of sp³-hybridized carbons (Fsp3) is 0.188. The molecular formula is C16H16N4O2S2. The SMILES string of the molecule is Cc1nc(NC(=O)Cc2c[nH]c3ccccc23)sc1SCC(N)=O. The number of nitrogens with one attached hydrogen (secondary N) is 2. The lowest BCUT2D eigenvalue weighted by atomic mass is 10.1. The normalized spacial score (nSPS) is 10.9. The Hall–Kier alpha value is -2.32. The molecule has 8 heteroatoms. The minimum Gasteiger partial charge on any atom is -0.369 e. The van der Waals surface area contributed by atoms with Crippen molar-refractivity contribution in [3.8, 4) is 0 Å². The zero-order valence-electron chi connectivity index (χ0n) is 13.0. The largest absolute Gasteiger partial charge is 0.369 e. The van der Waals surface area contributed by atoms with Crippen LogP contribution in [0.25, 0.3) is 10.9 Å². The number of nitrogens with zero attached hydrogens (tertiary/aromatic N) is 1. The number of anilines is 1. The van der Waals surface area contributed by atoms with Gasteiger partial charge >= 0.3 is 0 Å². The van der Waals surface area contributed by atoms with E-state index in [1.54, 1.807) is 0 Å². The van der Waals surface area contributed by atoms with Gasteiger partial charge in [-0.1, -0.05) is 29.5 Å². The quantitative estimate of drug-likeness (QED) is 0.588. The van der Waals surface area contributed by atoms with Gasteiger partial charge in [0.15, 0.2) is 5.13 Å². The maximum Gasteiger partial charge on any atom is 0.230 e. The molecule has 0 radical (unpaired) electrons. The molecule has 0 fully saturated rings. The summed E-state index contributed by atoms with van der Waals surface area (Å²) < 4.78 is 0.885. The van der Waals surface area contributed by atoms with Crippen LogP contribution in [0.1, 0.15) is 11.3 Å². The Morgan fingerprint density at radius 3 is 2.96 bits per heavy atom. The summed E-state index contributed by atoms with van der Waals surface area (Å²) in [6, 6.07) is 7.86. The molecule has 6 nitrogen and oxygen atoms in total. The molecule has 4 N–H and O–H groups in total. The zero-order valence-corrected chi connectivity index (χ0v) is 14.6. The molecule has 24 heavy (non-hydrogen) atoms. The van der Waals surface area contributed by atoms with E-state index < -0.39 is 0 Å². The van der Waals surface area contributed by atoms with E-state index in [1.165, 1.54) is 23.1 Å². The molecule has 124 valence electrons. The Morgan fingerprint density at radius 1 is 1.38 bits per heavy atom. The molecule has 3 aromatic rings. The molecule has 2 amide bonds. The summed E-state index contributed by atoms with van der Waals surface area (Å²) in [6.45, 7) is 1.84. The summed E-state index contributed by atoms with van der Waals surface area (Å²) in [4.78, 5) is 30.6. The van der Waals surface area contributed by atoms with Crippen LogP contribution in [-0.4, -0.2) is 27.5 Å². The number of amides is 2. The lowest BCUT2D eigenvalue weighted by Crippen LogP contribution is -2.14. The lowest BCUT2D eigenvalue weighted by Gasteiger charge is -2.00. The number of hydrogen-bond donors (Lipinski definition) is 3. The van der Waals surface area contributed by atoms with Crippen molar-refractivity contribution in [2.45, 2.75) is 17.6 Å². The van der Waals surface area contributed by atoms with Crippen molar-refractivity contribution in [1.29, 1.82) is 0 Å². The third-order valence-electron chi connectivity index (χ3n) is 3.37. The lowest BCUT2D eigenvalue weighted by molar-refractivity contribution is -0.116. The monoisotopic (exact) mass is 360 g/mol. The van der Waals surface area contributed by atoms with E-state index in [0.29, 0.717) is 5.13 Å². The van der Waals surface area contributed by atoms with E-state index in [2.05, 4.69) is 15.3 Å². The molecule has 0 unspecified atom stereocenters. The summed E-state index contributed by atoms with van der Waals surface area (Å²) >= 11 is 2.69. The van der Waals surface area contributed by atoms with Crippen LogP contribution in [0.3, 0.4) is 0 Å². The number of aromatic amines is 1. The highest BCUT2D eigenvalue weighted by Gasteiger charge is 2.13. The minimum absolute atomic E-state index is 0.125. The number of carbonyl (C=O) groups excluding carboxylic acids is 2. The first-order valence-corrected chi connectivity index (χ1v) is 9.06. The molecule has 0 aliphatic heterocycles. The van der Waals surface area contributed by atoms with Crippen molar-refractivity contribution < 1.29 is 9.59 Å². The summed E-state index contributed by atoms with van der Waals surface area (Å²) in [5, 5.41) is 4.39. The third-order valence-corrected chi connectivity index (χ3v) is 5.83. The van der Waals surface area contributed by atoms with Crippen LogP contribution in [0.2, 0.25) is 0 Å². The van der Waals surface area contributed by atoms with Crippen molar-refractivity contribution in [3.63, 3.8) is 0 Å². The van der Waals surface area contributed by atoms with Crippen LogP contribution < -0.4 is 11.1 Å². The first kappa shape index (κ1) is 16.5. The number of aromatic nitrogens is 2. The predicted molar refractivity (Wildman–Crippen MR) is 97.4 cm³/mol. The highest BCUT2D eigenvalue weighted by molar-refractivity contribution is 8.01. The number of benzene rings is 1. The average Bonchev–Trinajstić information content (AvgIpc) is 3.09. The number of carbonyl (C=O) groups is 2. The Morgan fingerprint density at radius 2 is 2.17 bits per heavy atom. The van der Waals surface area contributed by atoms with Gasteiger partial charge in [0, 0.05) is 17.1 Å². The molecule has 2 heterocycles. The average molecular weight is 360 g/mol. The summed E-state index contributed by atoms with van der Waals surface area (Å²) in [6.07, 6.45) is 2.12. The standard InChI is InChI=1S/C16H16N4O2S2/c1-9-15(23-8-13(17)21)24-16(19-9)20-14(22)6-10-7-18-12-5-3-2-4-11(10)12/h2-5,7,18H,6,8H2,1H3,(H2,17,21)(H,19,20,22). The molecule has 1 aromatic carbocycles. The van der Waals surface area contributed by atoms with Crippen molar-refractivity contribution in [2.24, 2.45) is 5.73 Å². The first-order valence-electron chi connectivity index (χ1n) is 7.26. The van der Waals surface area contributed by atoms with E-state index in [1.807, 2.05) is 37.4 Å². The van der Waals surface area contributed by atoms with E-state index in [-0.39, 0.29) is 24.0 Å². The van der Waals surface area contributed by atoms with Crippen LogP contribution in [-0.2, 0) is 16.0 Å². The Kier molecular flexibility index (Phi) is 4.86. The Balaban J connectivity index is 1.66. The van der Waals surface area contributed by atoms with Crippen LogP contribution in [0.4, 0.5) is 5.13 Å². The van der Waals surface area contributed by atoms with Gasteiger partial charge in [-0.15, -0.1) is 11.8 Å². The Bertz CT molecular complexity index is 901. The number of thiazole rings is 1. The van der Waals surface area contributed by atoms with Gasteiger partial charge in [-0.3, -0.25) is 9.59 Å². The minimum atomic E-state index is -0.377. The number of aryl methyl sites for hydroxylation is 1. The zero-order chi connectivity index (χ0) is 17.1. The second kappa shape index (κ2) is 7.06. The van der Waals surface area contributed by atoms with Crippen molar-refractivity contribution >= 4 is 50.9 Å². The number of nitrogens with two attached hydrogens (primary N) is 1. The van der Waals surface area contributed by atoms with E-state index >= 15 is 0 Å². The number of primary amides is 1. The van der Waals surface area contributed by atoms with Gasteiger partial charge in [0.1, 0.15) is 0 Å². The molecule has 0 atom stereocenters. The second-order valence-electron chi connectivity index (χ2n) is 5.23. The number of para-hydroxylation sites is 1. The number of thioether (sulfide) groups is 1. The number of rotatable bonds is 6. The smallest absolute Gasteiger partial charge is 0.230 e. The predicted octanol–water partition coefficient (Wildman–Crippen LogP) is 2.69. The molecule has 0 aliphatic rings. The topological polar surface area (TPSA) is 101 Å². The third kappa shape index (κ3) is 3.77. The highest BCUT2D eigenvalue weighted by atomic mass is 32.2. The number of hydrogen-bond acceptors (Lipinski definition) is 5.